The molecule has 1 aromatic heterocycles. The smallest absolute Gasteiger partial charge is 0.337 e. The molecule has 210 valence electrons. The van der Waals surface area contributed by atoms with Crippen molar-refractivity contribution in [1.29, 1.82) is 0 Å². The highest BCUT2D eigenvalue weighted by molar-refractivity contribution is 6.13. The van der Waals surface area contributed by atoms with Gasteiger partial charge in [0.1, 0.15) is 11.7 Å². The van der Waals surface area contributed by atoms with Gasteiger partial charge in [-0.2, -0.15) is 0 Å². The fourth-order valence-electron chi connectivity index (χ4n) is 4.70. The molecule has 0 spiro atoms. The zero-order chi connectivity index (χ0) is 29.1. The number of anilines is 2. The van der Waals surface area contributed by atoms with E-state index in [4.69, 9.17) is 9.26 Å². The summed E-state index contributed by atoms with van der Waals surface area (Å²) in [6.45, 7) is 1.61. The number of carbonyl (C=O) groups is 4. The van der Waals surface area contributed by atoms with E-state index in [-0.39, 0.29) is 13.1 Å². The van der Waals surface area contributed by atoms with E-state index in [0.29, 0.717) is 33.8 Å². The zero-order valence-corrected chi connectivity index (χ0v) is 22.8. The molecular formula is C30H29N5O6. The lowest BCUT2D eigenvalue weighted by Gasteiger charge is -2.26. The van der Waals surface area contributed by atoms with E-state index >= 15 is 0 Å². The predicted molar refractivity (Wildman–Crippen MR) is 152 cm³/mol. The van der Waals surface area contributed by atoms with E-state index in [0.717, 1.165) is 5.39 Å². The van der Waals surface area contributed by atoms with E-state index in [2.05, 4.69) is 15.8 Å². The topological polar surface area (TPSA) is 134 Å². The van der Waals surface area contributed by atoms with Gasteiger partial charge < -0.3 is 29.7 Å². The number of benzene rings is 3. The van der Waals surface area contributed by atoms with Crippen LogP contribution in [-0.4, -0.2) is 61.6 Å². The second-order valence-electron chi connectivity index (χ2n) is 9.59. The van der Waals surface area contributed by atoms with Crippen LogP contribution >= 0.6 is 0 Å². The Labute approximate surface area is 236 Å². The number of para-hydroxylation sites is 3. The Kier molecular flexibility index (Phi) is 7.79. The molecule has 2 N–H and O–H groups in total. The van der Waals surface area contributed by atoms with Crippen LogP contribution in [0.2, 0.25) is 0 Å². The Balaban J connectivity index is 1.57. The van der Waals surface area contributed by atoms with Gasteiger partial charge in [0.15, 0.2) is 5.58 Å². The van der Waals surface area contributed by atoms with E-state index < -0.39 is 35.8 Å². The minimum absolute atomic E-state index is 0.0523. The number of rotatable bonds is 7. The van der Waals surface area contributed by atoms with Crippen LogP contribution in [0.5, 0.6) is 0 Å². The van der Waals surface area contributed by atoms with Gasteiger partial charge in [-0.05, 0) is 62.5 Å². The maximum Gasteiger partial charge on any atom is 0.337 e. The van der Waals surface area contributed by atoms with Crippen LogP contribution in [0, 0.1) is 0 Å². The van der Waals surface area contributed by atoms with Crippen molar-refractivity contribution in [2.45, 2.75) is 25.6 Å². The van der Waals surface area contributed by atoms with Gasteiger partial charge in [0.2, 0.25) is 5.91 Å². The lowest BCUT2D eigenvalue weighted by molar-refractivity contribution is -0.128. The molecule has 3 amide bonds. The SMILES string of the molecule is CNC(C)C(=O)NC1CN(C(=O)c2ccc(C(=O)OC)cc2)c2ccccc2N(Cc2noc3ccccc23)C1=O. The summed E-state index contributed by atoms with van der Waals surface area (Å²) in [5.41, 5.74) is 2.67. The number of nitrogens with zero attached hydrogens (tertiary/aromatic N) is 3. The van der Waals surface area contributed by atoms with Crippen molar-refractivity contribution < 1.29 is 28.4 Å². The highest BCUT2D eigenvalue weighted by Gasteiger charge is 2.38. The summed E-state index contributed by atoms with van der Waals surface area (Å²) in [6.07, 6.45) is 0. The summed E-state index contributed by atoms with van der Waals surface area (Å²) < 4.78 is 10.2. The van der Waals surface area contributed by atoms with Gasteiger partial charge in [0.25, 0.3) is 11.8 Å². The number of nitrogens with one attached hydrogen (secondary N) is 2. The van der Waals surface area contributed by atoms with Gasteiger partial charge in [-0.1, -0.05) is 29.4 Å². The van der Waals surface area contributed by atoms with Crippen molar-refractivity contribution in [3.63, 3.8) is 0 Å². The van der Waals surface area contributed by atoms with Crippen LogP contribution in [0.4, 0.5) is 11.4 Å². The molecule has 1 aliphatic rings. The van der Waals surface area contributed by atoms with E-state index in [9.17, 15) is 19.2 Å². The molecule has 2 unspecified atom stereocenters. The van der Waals surface area contributed by atoms with E-state index in [1.54, 1.807) is 44.3 Å². The summed E-state index contributed by atoms with van der Waals surface area (Å²) in [5, 5.41) is 10.6. The summed E-state index contributed by atoms with van der Waals surface area (Å²) in [5.74, 6) is -1.72. The summed E-state index contributed by atoms with van der Waals surface area (Å²) in [6, 6.07) is 18.8. The van der Waals surface area contributed by atoms with E-state index in [1.807, 2.05) is 18.2 Å². The van der Waals surface area contributed by atoms with E-state index in [1.165, 1.54) is 41.2 Å². The fourth-order valence-corrected chi connectivity index (χ4v) is 4.70. The van der Waals surface area contributed by atoms with Crippen molar-refractivity contribution in [2.75, 3.05) is 30.5 Å². The molecule has 4 aromatic rings. The van der Waals surface area contributed by atoms with Crippen molar-refractivity contribution in [2.24, 2.45) is 0 Å². The number of carbonyl (C=O) groups excluding carboxylic acids is 4. The Morgan fingerprint density at radius 1 is 1.00 bits per heavy atom. The highest BCUT2D eigenvalue weighted by Crippen LogP contribution is 2.35. The molecule has 0 aliphatic carbocycles. The summed E-state index contributed by atoms with van der Waals surface area (Å²) >= 11 is 0. The number of aromatic nitrogens is 1. The van der Waals surface area contributed by atoms with Crippen molar-refractivity contribution >= 4 is 46.0 Å². The third-order valence-corrected chi connectivity index (χ3v) is 7.09. The van der Waals surface area contributed by atoms with Gasteiger partial charge in [0.05, 0.1) is 43.2 Å². The summed E-state index contributed by atoms with van der Waals surface area (Å²) in [4.78, 5) is 55.8. The maximum atomic E-state index is 14.1. The minimum atomic E-state index is -1.07. The molecule has 0 saturated carbocycles. The number of esters is 1. The molecule has 2 heterocycles. The van der Waals surface area contributed by atoms with Crippen LogP contribution in [-0.2, 0) is 20.9 Å². The number of hydrogen-bond acceptors (Lipinski definition) is 8. The van der Waals surface area contributed by atoms with Crippen LogP contribution < -0.4 is 20.4 Å². The van der Waals surface area contributed by atoms with Gasteiger partial charge >= 0.3 is 5.97 Å². The first-order valence-corrected chi connectivity index (χ1v) is 13.0. The quantitative estimate of drug-likeness (QED) is 0.333. The minimum Gasteiger partial charge on any atom is -0.465 e. The average Bonchev–Trinajstić information content (AvgIpc) is 3.38. The molecule has 0 saturated heterocycles. The first-order chi connectivity index (χ1) is 19.8. The fraction of sp³-hybridized carbons (Fsp3) is 0.233. The lowest BCUT2D eigenvalue weighted by atomic mass is 10.1. The number of amides is 3. The molecular weight excluding hydrogens is 526 g/mol. The molecule has 0 radical (unpaired) electrons. The molecule has 1 aliphatic heterocycles. The predicted octanol–water partition coefficient (Wildman–Crippen LogP) is 2.90. The number of fused-ring (bicyclic) bond motifs is 2. The van der Waals surface area contributed by atoms with Crippen LogP contribution in [0.25, 0.3) is 11.0 Å². The van der Waals surface area contributed by atoms with Crippen molar-refractivity contribution in [1.82, 2.24) is 15.8 Å². The third kappa shape index (κ3) is 5.39. The first kappa shape index (κ1) is 27.5. The molecule has 11 nitrogen and oxygen atoms in total. The Bertz CT molecular complexity index is 1620. The lowest BCUT2D eigenvalue weighted by Crippen LogP contribution is -2.55. The Morgan fingerprint density at radius 3 is 2.37 bits per heavy atom. The normalized spacial score (nSPS) is 15.7. The number of likely N-dealkylation sites (N-methyl/N-ethyl adjacent to an activating group) is 1. The highest BCUT2D eigenvalue weighted by atomic mass is 16.5. The molecule has 11 heteroatoms. The van der Waals surface area contributed by atoms with Crippen LogP contribution in [0.3, 0.4) is 0 Å². The number of ether oxygens (including phenoxy) is 1. The molecule has 0 fully saturated rings. The standard InChI is InChI=1S/C30H29N5O6/c1-18(31-2)27(36)32-23-17-34(28(37)19-12-14-20(15-13-19)30(39)40-3)24-9-5-6-10-25(24)35(29(23)38)16-22-21-8-4-7-11-26(21)41-33-22/h4-15,18,23,31H,16-17H2,1-3H3,(H,32,36). The van der Waals surface area contributed by atoms with Gasteiger partial charge in [0, 0.05) is 10.9 Å². The molecule has 3 aromatic carbocycles. The second kappa shape index (κ2) is 11.6. The average molecular weight is 556 g/mol. The molecule has 41 heavy (non-hydrogen) atoms. The molecule has 0 bridgehead atoms. The monoisotopic (exact) mass is 555 g/mol. The molecule has 2 atom stereocenters. The number of hydrogen-bond donors (Lipinski definition) is 2. The Morgan fingerprint density at radius 2 is 1.66 bits per heavy atom. The largest absolute Gasteiger partial charge is 0.465 e. The molecule has 5 rings (SSSR count). The third-order valence-electron chi connectivity index (χ3n) is 7.09. The van der Waals surface area contributed by atoms with Crippen molar-refractivity contribution in [3.8, 4) is 0 Å². The van der Waals surface area contributed by atoms with Gasteiger partial charge in [-0.3, -0.25) is 14.4 Å². The zero-order valence-electron chi connectivity index (χ0n) is 22.8. The second-order valence-corrected chi connectivity index (χ2v) is 9.59. The summed E-state index contributed by atoms with van der Waals surface area (Å²) in [7, 11) is 2.92. The van der Waals surface area contributed by atoms with Gasteiger partial charge in [-0.25, -0.2) is 4.79 Å². The number of methoxy groups -OCH3 is 1. The van der Waals surface area contributed by atoms with Gasteiger partial charge in [-0.15, -0.1) is 0 Å². The Hall–Kier alpha value is -5.03. The van der Waals surface area contributed by atoms with Crippen LogP contribution in [0.15, 0.2) is 77.3 Å². The van der Waals surface area contributed by atoms with Crippen molar-refractivity contribution in [3.05, 3.63) is 89.6 Å². The van der Waals surface area contributed by atoms with Crippen LogP contribution in [0.1, 0.15) is 33.3 Å². The first-order valence-electron chi connectivity index (χ1n) is 13.0. The maximum absolute atomic E-state index is 14.1.